The number of carboxylic acid groups (broad SMARTS) is 1. The van der Waals surface area contributed by atoms with Crippen LogP contribution in [0.4, 0.5) is 5.82 Å². The molecule has 7 heteroatoms. The van der Waals surface area contributed by atoms with Crippen LogP contribution in [-0.4, -0.2) is 47.2 Å². The van der Waals surface area contributed by atoms with E-state index in [0.717, 1.165) is 0 Å². The van der Waals surface area contributed by atoms with E-state index < -0.39 is 11.9 Å². The Hall–Kier alpha value is -2.18. The maximum atomic E-state index is 11.3. The molecule has 0 aromatic carbocycles. The highest BCUT2D eigenvalue weighted by Gasteiger charge is 2.35. The van der Waals surface area contributed by atoms with Crippen molar-refractivity contribution in [2.75, 3.05) is 25.1 Å². The van der Waals surface area contributed by atoms with Crippen LogP contribution < -0.4 is 4.90 Å². The first kappa shape index (κ1) is 13.3. The molecule has 102 valence electrons. The minimum atomic E-state index is -0.789. The smallest absolute Gasteiger partial charge is 0.376 e. The molecule has 1 aliphatic rings. The van der Waals surface area contributed by atoms with Crippen LogP contribution in [0.1, 0.15) is 17.5 Å². The number of esters is 1. The van der Waals surface area contributed by atoms with Crippen LogP contribution in [0.3, 0.4) is 0 Å². The van der Waals surface area contributed by atoms with E-state index in [1.54, 1.807) is 13.0 Å². The van der Waals surface area contributed by atoms with E-state index in [2.05, 4.69) is 14.7 Å². The van der Waals surface area contributed by atoms with Gasteiger partial charge in [0, 0.05) is 25.2 Å². The van der Waals surface area contributed by atoms with E-state index in [9.17, 15) is 9.59 Å². The summed E-state index contributed by atoms with van der Waals surface area (Å²) in [6, 6.07) is 1.69. The van der Waals surface area contributed by atoms with Crippen molar-refractivity contribution >= 4 is 17.8 Å². The Kier molecular flexibility index (Phi) is 3.64. The summed E-state index contributed by atoms with van der Waals surface area (Å²) < 4.78 is 4.55. The first-order valence-corrected chi connectivity index (χ1v) is 5.92. The molecule has 2 rings (SSSR count). The van der Waals surface area contributed by atoms with E-state index in [1.807, 2.05) is 4.90 Å². The monoisotopic (exact) mass is 265 g/mol. The second-order valence-corrected chi connectivity index (χ2v) is 4.52. The maximum Gasteiger partial charge on any atom is 0.376 e. The van der Waals surface area contributed by atoms with Gasteiger partial charge in [0.2, 0.25) is 5.82 Å². The van der Waals surface area contributed by atoms with Gasteiger partial charge in [-0.3, -0.25) is 4.79 Å². The summed E-state index contributed by atoms with van der Waals surface area (Å²) in [5.74, 6) is -1.02. The zero-order chi connectivity index (χ0) is 14.0. The molecule has 1 aliphatic heterocycles. The second-order valence-electron chi connectivity index (χ2n) is 4.52. The van der Waals surface area contributed by atoms with Crippen LogP contribution in [0.5, 0.6) is 0 Å². The second kappa shape index (κ2) is 5.21. The van der Waals surface area contributed by atoms with Crippen molar-refractivity contribution in [3.8, 4) is 0 Å². The molecule has 2 heterocycles. The van der Waals surface area contributed by atoms with Gasteiger partial charge in [-0.2, -0.15) is 0 Å². The molecular formula is C12H15N3O4. The van der Waals surface area contributed by atoms with E-state index in [0.29, 0.717) is 18.9 Å². The number of hydrogen-bond donors (Lipinski definition) is 1. The molecule has 19 heavy (non-hydrogen) atoms. The first-order chi connectivity index (χ1) is 9.02. The van der Waals surface area contributed by atoms with Gasteiger partial charge in [-0.25, -0.2) is 14.8 Å². The molecule has 0 amide bonds. The van der Waals surface area contributed by atoms with Gasteiger partial charge in [-0.1, -0.05) is 6.92 Å². The van der Waals surface area contributed by atoms with Crippen molar-refractivity contribution in [1.82, 2.24) is 9.97 Å². The Morgan fingerprint density at radius 1 is 1.53 bits per heavy atom. The molecule has 1 aromatic rings. The van der Waals surface area contributed by atoms with Crippen molar-refractivity contribution in [3.05, 3.63) is 18.1 Å². The van der Waals surface area contributed by atoms with Crippen LogP contribution in [0.15, 0.2) is 12.3 Å². The lowest BCUT2D eigenvalue weighted by molar-refractivity contribution is -0.143. The van der Waals surface area contributed by atoms with Gasteiger partial charge < -0.3 is 14.7 Å². The molecular weight excluding hydrogens is 250 g/mol. The highest BCUT2D eigenvalue weighted by Crippen LogP contribution is 2.28. The highest BCUT2D eigenvalue weighted by molar-refractivity contribution is 5.85. The van der Waals surface area contributed by atoms with Gasteiger partial charge in [0.25, 0.3) is 0 Å². The lowest BCUT2D eigenvalue weighted by atomic mass is 9.87. The number of anilines is 1. The van der Waals surface area contributed by atoms with Crippen LogP contribution in [-0.2, 0) is 9.53 Å². The van der Waals surface area contributed by atoms with Crippen molar-refractivity contribution in [1.29, 1.82) is 0 Å². The van der Waals surface area contributed by atoms with Gasteiger partial charge in [0.1, 0.15) is 5.82 Å². The number of nitrogens with zero attached hydrogens (tertiary/aromatic N) is 3. The molecule has 7 nitrogen and oxygen atoms in total. The number of carbonyl (C=O) groups is 2. The fourth-order valence-electron chi connectivity index (χ4n) is 1.93. The fraction of sp³-hybridized carbons (Fsp3) is 0.500. The molecule has 0 spiro atoms. The van der Waals surface area contributed by atoms with Crippen molar-refractivity contribution < 1.29 is 19.4 Å². The Morgan fingerprint density at radius 2 is 2.21 bits per heavy atom. The molecule has 0 aliphatic carbocycles. The Bertz CT molecular complexity index is 500. The van der Waals surface area contributed by atoms with E-state index >= 15 is 0 Å². The summed E-state index contributed by atoms with van der Waals surface area (Å²) in [4.78, 5) is 32.0. The first-order valence-electron chi connectivity index (χ1n) is 5.92. The van der Waals surface area contributed by atoms with Crippen LogP contribution in [0, 0.1) is 11.8 Å². The zero-order valence-electron chi connectivity index (χ0n) is 10.7. The van der Waals surface area contributed by atoms with Crippen molar-refractivity contribution in [2.45, 2.75) is 6.92 Å². The molecule has 0 bridgehead atoms. The third kappa shape index (κ3) is 2.64. The summed E-state index contributed by atoms with van der Waals surface area (Å²) in [7, 11) is 1.27. The Morgan fingerprint density at radius 3 is 2.79 bits per heavy atom. The van der Waals surface area contributed by atoms with E-state index in [4.69, 9.17) is 5.11 Å². The third-order valence-corrected chi connectivity index (χ3v) is 3.34. The van der Waals surface area contributed by atoms with Crippen molar-refractivity contribution in [2.24, 2.45) is 11.8 Å². The molecule has 0 saturated carbocycles. The summed E-state index contributed by atoms with van der Waals surface area (Å²) in [5, 5.41) is 8.92. The zero-order valence-corrected chi connectivity index (χ0v) is 10.7. The summed E-state index contributed by atoms with van der Waals surface area (Å²) in [5.41, 5.74) is 0. The molecule has 1 N–H and O–H groups in total. The minimum Gasteiger partial charge on any atom is -0.481 e. The number of carbonyl (C=O) groups excluding carboxylic acids is 1. The largest absolute Gasteiger partial charge is 0.481 e. The SMILES string of the molecule is COC(=O)c1nccc(N2CC(C(C)C(=O)O)C2)n1. The average molecular weight is 265 g/mol. The van der Waals surface area contributed by atoms with Gasteiger partial charge >= 0.3 is 11.9 Å². The molecule has 1 atom stereocenters. The van der Waals surface area contributed by atoms with Gasteiger partial charge in [-0.15, -0.1) is 0 Å². The molecule has 1 saturated heterocycles. The van der Waals surface area contributed by atoms with Crippen LogP contribution in [0.2, 0.25) is 0 Å². The number of ether oxygens (including phenoxy) is 1. The predicted molar refractivity (Wildman–Crippen MR) is 65.9 cm³/mol. The standard InChI is InChI=1S/C12H15N3O4/c1-7(11(16)17)8-5-15(6-8)9-3-4-13-10(14-9)12(18)19-2/h3-4,7-8H,5-6H2,1-2H3,(H,16,17). The van der Waals surface area contributed by atoms with Gasteiger partial charge in [0.05, 0.1) is 13.0 Å². The molecule has 1 fully saturated rings. The number of aromatic nitrogens is 2. The van der Waals surface area contributed by atoms with Crippen LogP contribution in [0.25, 0.3) is 0 Å². The third-order valence-electron chi connectivity index (χ3n) is 3.34. The highest BCUT2D eigenvalue weighted by atomic mass is 16.5. The molecule has 0 radical (unpaired) electrons. The summed E-state index contributed by atoms with van der Waals surface area (Å²) in [6.45, 7) is 2.93. The average Bonchev–Trinajstić information content (AvgIpc) is 2.36. The quantitative estimate of drug-likeness (QED) is 0.788. The Labute approximate surface area is 110 Å². The summed E-state index contributed by atoms with van der Waals surface area (Å²) >= 11 is 0. The van der Waals surface area contributed by atoms with Gasteiger partial charge in [-0.05, 0) is 6.07 Å². The predicted octanol–water partition coefficient (Wildman–Crippen LogP) is 0.420. The summed E-state index contributed by atoms with van der Waals surface area (Å²) in [6.07, 6.45) is 1.49. The fourth-order valence-corrected chi connectivity index (χ4v) is 1.93. The normalized spacial score (nSPS) is 16.6. The lowest BCUT2D eigenvalue weighted by Crippen LogP contribution is -2.51. The molecule has 1 unspecified atom stereocenters. The topological polar surface area (TPSA) is 92.6 Å². The number of hydrogen-bond acceptors (Lipinski definition) is 6. The van der Waals surface area contributed by atoms with Gasteiger partial charge in [0.15, 0.2) is 0 Å². The minimum absolute atomic E-state index is 0.00901. The number of aliphatic carboxylic acids is 1. The lowest BCUT2D eigenvalue weighted by Gasteiger charge is -2.42. The maximum absolute atomic E-state index is 11.3. The molecule has 1 aromatic heterocycles. The van der Waals surface area contributed by atoms with E-state index in [1.165, 1.54) is 13.3 Å². The number of rotatable bonds is 4. The van der Waals surface area contributed by atoms with E-state index in [-0.39, 0.29) is 17.7 Å². The van der Waals surface area contributed by atoms with Crippen molar-refractivity contribution in [3.63, 3.8) is 0 Å². The number of carboxylic acids is 1. The Balaban J connectivity index is 2.02. The number of methoxy groups -OCH3 is 1. The van der Waals surface area contributed by atoms with Crippen LogP contribution >= 0.6 is 0 Å².